The number of hydrogen-bond acceptors (Lipinski definition) is 5. The first-order valence-electron chi connectivity index (χ1n) is 9.06. The summed E-state index contributed by atoms with van der Waals surface area (Å²) in [6.45, 7) is 6.79. The average Bonchev–Trinajstić information content (AvgIpc) is 3.30. The Hall–Kier alpha value is -2.05. The molecular weight excluding hydrogens is 318 g/mol. The minimum absolute atomic E-state index is 0.146. The van der Waals surface area contributed by atoms with E-state index in [1.165, 1.54) is 11.1 Å². The highest BCUT2D eigenvalue weighted by atomic mass is 16.6. The SMILES string of the molecule is CCn1cc(C2OCCC2CNCc2ccc3c(c2)OCCO3)cn1. The average molecular weight is 343 g/mol. The molecule has 0 saturated carbocycles. The maximum atomic E-state index is 5.96. The van der Waals surface area contributed by atoms with Crippen LogP contribution < -0.4 is 14.8 Å². The summed E-state index contributed by atoms with van der Waals surface area (Å²) in [5.41, 5.74) is 2.39. The predicted octanol–water partition coefficient (Wildman–Crippen LogP) is 2.54. The summed E-state index contributed by atoms with van der Waals surface area (Å²) in [4.78, 5) is 0. The van der Waals surface area contributed by atoms with Crippen molar-refractivity contribution in [2.24, 2.45) is 5.92 Å². The van der Waals surface area contributed by atoms with Crippen molar-refractivity contribution in [3.63, 3.8) is 0 Å². The van der Waals surface area contributed by atoms with Gasteiger partial charge in [-0.3, -0.25) is 4.68 Å². The van der Waals surface area contributed by atoms with Gasteiger partial charge < -0.3 is 19.5 Å². The van der Waals surface area contributed by atoms with Gasteiger partial charge in [0.15, 0.2) is 11.5 Å². The molecule has 2 aliphatic heterocycles. The van der Waals surface area contributed by atoms with Gasteiger partial charge in [0, 0.05) is 43.9 Å². The fourth-order valence-electron chi connectivity index (χ4n) is 3.51. The van der Waals surface area contributed by atoms with Crippen LogP contribution in [0.3, 0.4) is 0 Å². The van der Waals surface area contributed by atoms with Crippen molar-refractivity contribution in [2.75, 3.05) is 26.4 Å². The predicted molar refractivity (Wildman–Crippen MR) is 93.8 cm³/mol. The van der Waals surface area contributed by atoms with Gasteiger partial charge in [-0.15, -0.1) is 0 Å². The van der Waals surface area contributed by atoms with E-state index in [-0.39, 0.29) is 6.10 Å². The molecule has 2 aliphatic rings. The maximum Gasteiger partial charge on any atom is 0.161 e. The van der Waals surface area contributed by atoms with E-state index in [4.69, 9.17) is 14.2 Å². The largest absolute Gasteiger partial charge is 0.486 e. The molecule has 4 rings (SSSR count). The van der Waals surface area contributed by atoms with Crippen molar-refractivity contribution >= 4 is 0 Å². The summed E-state index contributed by atoms with van der Waals surface area (Å²) in [6, 6.07) is 6.15. The minimum atomic E-state index is 0.146. The normalized spacial score (nSPS) is 22.3. The first-order valence-corrected chi connectivity index (χ1v) is 9.06. The lowest BCUT2D eigenvalue weighted by Crippen LogP contribution is -2.24. The van der Waals surface area contributed by atoms with Crippen molar-refractivity contribution in [1.82, 2.24) is 15.1 Å². The monoisotopic (exact) mass is 343 g/mol. The standard InChI is InChI=1S/C19H25N3O3/c1-2-22-13-16(12-21-22)19-15(5-6-25-19)11-20-10-14-3-4-17-18(9-14)24-8-7-23-17/h3-4,9,12-13,15,19-20H,2,5-8,10-11H2,1H3. The van der Waals surface area contributed by atoms with Crippen LogP contribution in [0, 0.1) is 5.92 Å². The zero-order chi connectivity index (χ0) is 17.1. The molecule has 2 unspecified atom stereocenters. The molecule has 1 saturated heterocycles. The Balaban J connectivity index is 1.33. The topological polar surface area (TPSA) is 57.5 Å². The number of nitrogens with zero attached hydrogens (tertiary/aromatic N) is 2. The molecule has 25 heavy (non-hydrogen) atoms. The summed E-state index contributed by atoms with van der Waals surface area (Å²) in [6.07, 6.45) is 5.26. The number of benzene rings is 1. The van der Waals surface area contributed by atoms with E-state index in [0.29, 0.717) is 19.1 Å². The Morgan fingerprint density at radius 3 is 2.92 bits per heavy atom. The molecule has 2 aromatic rings. The second-order valence-electron chi connectivity index (χ2n) is 6.58. The number of hydrogen-bond donors (Lipinski definition) is 1. The molecule has 0 spiro atoms. The lowest BCUT2D eigenvalue weighted by molar-refractivity contribution is 0.0903. The van der Waals surface area contributed by atoms with Crippen LogP contribution in [-0.4, -0.2) is 36.1 Å². The number of ether oxygens (including phenoxy) is 3. The Morgan fingerprint density at radius 1 is 1.20 bits per heavy atom. The summed E-state index contributed by atoms with van der Waals surface area (Å²) >= 11 is 0. The Bertz CT molecular complexity index is 716. The molecular formula is C19H25N3O3. The molecule has 0 amide bonds. The molecule has 1 aromatic carbocycles. The van der Waals surface area contributed by atoms with Crippen LogP contribution in [-0.2, 0) is 17.8 Å². The van der Waals surface area contributed by atoms with E-state index in [1.54, 1.807) is 0 Å². The van der Waals surface area contributed by atoms with Gasteiger partial charge in [-0.05, 0) is 31.0 Å². The van der Waals surface area contributed by atoms with Crippen LogP contribution in [0.1, 0.15) is 30.6 Å². The first kappa shape index (κ1) is 16.4. The lowest BCUT2D eigenvalue weighted by Gasteiger charge is -2.20. The van der Waals surface area contributed by atoms with Crippen LogP contribution in [0.15, 0.2) is 30.6 Å². The number of nitrogens with one attached hydrogen (secondary N) is 1. The van der Waals surface area contributed by atoms with Crippen LogP contribution in [0.25, 0.3) is 0 Å². The quantitative estimate of drug-likeness (QED) is 0.873. The Labute approximate surface area is 148 Å². The summed E-state index contributed by atoms with van der Waals surface area (Å²) in [7, 11) is 0. The molecule has 134 valence electrons. The van der Waals surface area contributed by atoms with Crippen molar-refractivity contribution in [3.05, 3.63) is 41.7 Å². The van der Waals surface area contributed by atoms with Crippen molar-refractivity contribution in [3.8, 4) is 11.5 Å². The molecule has 6 nitrogen and oxygen atoms in total. The Morgan fingerprint density at radius 2 is 2.08 bits per heavy atom. The molecule has 0 aliphatic carbocycles. The summed E-state index contributed by atoms with van der Waals surface area (Å²) in [5, 5.41) is 7.94. The Kier molecular flexibility index (Phi) is 4.90. The van der Waals surface area contributed by atoms with Crippen LogP contribution in [0.4, 0.5) is 0 Å². The van der Waals surface area contributed by atoms with Crippen LogP contribution >= 0.6 is 0 Å². The highest BCUT2D eigenvalue weighted by Crippen LogP contribution is 2.34. The van der Waals surface area contributed by atoms with Crippen molar-refractivity contribution in [2.45, 2.75) is 32.5 Å². The molecule has 1 fully saturated rings. The van der Waals surface area contributed by atoms with Crippen molar-refractivity contribution < 1.29 is 14.2 Å². The summed E-state index contributed by atoms with van der Waals surface area (Å²) in [5.74, 6) is 2.17. The minimum Gasteiger partial charge on any atom is -0.486 e. The van der Waals surface area contributed by atoms with E-state index < -0.39 is 0 Å². The van der Waals surface area contributed by atoms with Gasteiger partial charge in [-0.25, -0.2) is 0 Å². The maximum absolute atomic E-state index is 5.96. The number of rotatable bonds is 6. The second-order valence-corrected chi connectivity index (χ2v) is 6.58. The molecule has 3 heterocycles. The second kappa shape index (κ2) is 7.45. The fraction of sp³-hybridized carbons (Fsp3) is 0.526. The summed E-state index contributed by atoms with van der Waals surface area (Å²) < 4.78 is 19.1. The van der Waals surface area contributed by atoms with E-state index >= 15 is 0 Å². The van der Waals surface area contributed by atoms with Crippen LogP contribution in [0.5, 0.6) is 11.5 Å². The van der Waals surface area contributed by atoms with E-state index in [0.717, 1.165) is 44.2 Å². The highest BCUT2D eigenvalue weighted by molar-refractivity contribution is 5.43. The number of aryl methyl sites for hydroxylation is 1. The first-order chi connectivity index (χ1) is 12.3. The van der Waals surface area contributed by atoms with E-state index in [9.17, 15) is 0 Å². The van der Waals surface area contributed by atoms with Gasteiger partial charge in [0.1, 0.15) is 13.2 Å². The van der Waals surface area contributed by atoms with E-state index in [2.05, 4.69) is 35.7 Å². The fourth-order valence-corrected chi connectivity index (χ4v) is 3.51. The highest BCUT2D eigenvalue weighted by Gasteiger charge is 2.30. The smallest absolute Gasteiger partial charge is 0.161 e. The molecule has 2 atom stereocenters. The lowest BCUT2D eigenvalue weighted by atomic mass is 9.97. The molecule has 0 bridgehead atoms. The molecule has 6 heteroatoms. The number of fused-ring (bicyclic) bond motifs is 1. The van der Waals surface area contributed by atoms with Gasteiger partial charge in [0.2, 0.25) is 0 Å². The number of aromatic nitrogens is 2. The zero-order valence-corrected chi connectivity index (χ0v) is 14.6. The van der Waals surface area contributed by atoms with Gasteiger partial charge in [-0.2, -0.15) is 5.10 Å². The van der Waals surface area contributed by atoms with Gasteiger partial charge in [-0.1, -0.05) is 6.07 Å². The van der Waals surface area contributed by atoms with Gasteiger partial charge in [0.05, 0.1) is 12.3 Å². The third-order valence-corrected chi connectivity index (χ3v) is 4.86. The van der Waals surface area contributed by atoms with Gasteiger partial charge >= 0.3 is 0 Å². The molecule has 1 N–H and O–H groups in total. The van der Waals surface area contributed by atoms with Gasteiger partial charge in [0.25, 0.3) is 0 Å². The zero-order valence-electron chi connectivity index (χ0n) is 14.6. The van der Waals surface area contributed by atoms with Crippen LogP contribution in [0.2, 0.25) is 0 Å². The van der Waals surface area contributed by atoms with Crippen molar-refractivity contribution in [1.29, 1.82) is 0 Å². The van der Waals surface area contributed by atoms with E-state index in [1.807, 2.05) is 16.9 Å². The molecule has 1 aromatic heterocycles. The third-order valence-electron chi connectivity index (χ3n) is 4.86. The third kappa shape index (κ3) is 3.65. The molecule has 0 radical (unpaired) electrons.